The number of fused-ring (bicyclic) bond motifs is 1. The van der Waals surface area contributed by atoms with Crippen LogP contribution in [0, 0.1) is 12.8 Å². The number of carbonyl (C=O) groups is 3. The average Bonchev–Trinajstić information content (AvgIpc) is 3.40. The monoisotopic (exact) mass is 700 g/mol. The molecular formula is C39H36N6O7. The Kier molecular flexibility index (Phi) is 10.5. The van der Waals surface area contributed by atoms with Gasteiger partial charge < -0.3 is 25.3 Å². The average molecular weight is 701 g/mol. The minimum Gasteiger partial charge on any atom is -0.497 e. The predicted molar refractivity (Wildman–Crippen MR) is 194 cm³/mol. The van der Waals surface area contributed by atoms with E-state index in [1.807, 2.05) is 31.2 Å². The minimum absolute atomic E-state index is 0.0750. The Morgan fingerprint density at radius 3 is 2.31 bits per heavy atom. The van der Waals surface area contributed by atoms with Gasteiger partial charge in [0.15, 0.2) is 0 Å². The number of methoxy groups -OCH3 is 1. The summed E-state index contributed by atoms with van der Waals surface area (Å²) in [6.45, 7) is 3.75. The van der Waals surface area contributed by atoms with Gasteiger partial charge in [0, 0.05) is 24.2 Å². The minimum atomic E-state index is -1.10. The highest BCUT2D eigenvalue weighted by Gasteiger charge is 2.27. The highest BCUT2D eigenvalue weighted by molar-refractivity contribution is 6.04. The largest absolute Gasteiger partial charge is 0.497 e. The van der Waals surface area contributed by atoms with Crippen molar-refractivity contribution in [3.63, 3.8) is 0 Å². The van der Waals surface area contributed by atoms with Crippen LogP contribution in [-0.4, -0.2) is 50.3 Å². The molecule has 3 aromatic heterocycles. The van der Waals surface area contributed by atoms with Crippen molar-refractivity contribution in [2.24, 2.45) is 11.7 Å². The number of ether oxygens (including phenoxy) is 3. The number of para-hydroxylation sites is 1. The number of nitrogens with two attached hydrogens (primary N) is 1. The van der Waals surface area contributed by atoms with Crippen LogP contribution in [0.25, 0.3) is 16.6 Å². The summed E-state index contributed by atoms with van der Waals surface area (Å²) in [7, 11) is 1.59. The van der Waals surface area contributed by atoms with E-state index < -0.39 is 29.4 Å². The Hall–Kier alpha value is -6.60. The molecule has 6 aromatic rings. The number of anilines is 1. The molecule has 13 nitrogen and oxygen atoms in total. The first-order valence-corrected chi connectivity index (χ1v) is 16.5. The lowest BCUT2D eigenvalue weighted by atomic mass is 10.0. The van der Waals surface area contributed by atoms with Gasteiger partial charge in [-0.15, -0.1) is 0 Å². The topological polar surface area (TPSA) is 170 Å². The van der Waals surface area contributed by atoms with E-state index in [9.17, 15) is 19.2 Å². The van der Waals surface area contributed by atoms with Crippen molar-refractivity contribution in [1.82, 2.24) is 19.3 Å². The van der Waals surface area contributed by atoms with Crippen molar-refractivity contribution in [1.29, 1.82) is 0 Å². The van der Waals surface area contributed by atoms with Crippen LogP contribution in [0.3, 0.4) is 0 Å². The van der Waals surface area contributed by atoms with Gasteiger partial charge in [0.1, 0.15) is 34.7 Å². The van der Waals surface area contributed by atoms with Gasteiger partial charge in [-0.3, -0.25) is 19.3 Å². The molecule has 2 atom stereocenters. The molecular weight excluding hydrogens is 664 g/mol. The molecule has 0 fully saturated rings. The molecule has 2 unspecified atom stereocenters. The van der Waals surface area contributed by atoms with Gasteiger partial charge in [0.2, 0.25) is 0 Å². The van der Waals surface area contributed by atoms with Crippen LogP contribution in [0.4, 0.5) is 5.82 Å². The molecule has 3 aromatic carbocycles. The van der Waals surface area contributed by atoms with Crippen molar-refractivity contribution < 1.29 is 28.6 Å². The lowest BCUT2D eigenvalue weighted by Crippen LogP contribution is -2.36. The second-order valence-corrected chi connectivity index (χ2v) is 12.1. The lowest BCUT2D eigenvalue weighted by Gasteiger charge is -2.20. The number of benzene rings is 3. The fraction of sp³-hybridized carbons (Fsp3) is 0.179. The Morgan fingerprint density at radius 2 is 1.62 bits per heavy atom. The lowest BCUT2D eigenvalue weighted by molar-refractivity contribution is -0.139. The van der Waals surface area contributed by atoms with Crippen LogP contribution >= 0.6 is 0 Å². The zero-order valence-electron chi connectivity index (χ0n) is 28.7. The quantitative estimate of drug-likeness (QED) is 0.120. The number of esters is 2. The molecule has 0 radical (unpaired) electrons. The van der Waals surface area contributed by atoms with E-state index in [4.69, 9.17) is 19.9 Å². The molecule has 6 rings (SSSR count). The first-order valence-electron chi connectivity index (χ1n) is 16.5. The molecule has 3 N–H and O–H groups in total. The molecule has 0 aliphatic carbocycles. The normalized spacial score (nSPS) is 12.2. The van der Waals surface area contributed by atoms with Crippen molar-refractivity contribution in [3.05, 3.63) is 137 Å². The molecule has 0 saturated carbocycles. The third-order valence-corrected chi connectivity index (χ3v) is 8.39. The van der Waals surface area contributed by atoms with Crippen molar-refractivity contribution in [2.45, 2.75) is 32.9 Å². The van der Waals surface area contributed by atoms with E-state index in [0.29, 0.717) is 34.1 Å². The van der Waals surface area contributed by atoms with Gasteiger partial charge in [-0.05, 0) is 73.9 Å². The Balaban J connectivity index is 1.18. The predicted octanol–water partition coefficient (Wildman–Crippen LogP) is 5.68. The summed E-state index contributed by atoms with van der Waals surface area (Å²) in [4.78, 5) is 61.3. The van der Waals surface area contributed by atoms with Gasteiger partial charge in [0.05, 0.1) is 35.8 Å². The van der Waals surface area contributed by atoms with E-state index >= 15 is 0 Å². The number of hydrogen-bond donors (Lipinski definition) is 2. The molecule has 0 aliphatic heterocycles. The van der Waals surface area contributed by atoms with Crippen LogP contribution in [0.15, 0.2) is 114 Å². The molecule has 52 heavy (non-hydrogen) atoms. The van der Waals surface area contributed by atoms with E-state index in [1.54, 1.807) is 97.7 Å². The molecule has 13 heteroatoms. The number of rotatable bonds is 12. The third-order valence-electron chi connectivity index (χ3n) is 8.39. The Labute approximate surface area is 298 Å². The van der Waals surface area contributed by atoms with Crippen LogP contribution in [-0.2, 0) is 16.1 Å². The fourth-order valence-electron chi connectivity index (χ4n) is 5.79. The summed E-state index contributed by atoms with van der Waals surface area (Å²) in [5.74, 6) is -0.689. The first-order chi connectivity index (χ1) is 25.1. The fourth-order valence-corrected chi connectivity index (χ4v) is 5.79. The number of nitrogens with one attached hydrogen (secondary N) is 1. The highest BCUT2D eigenvalue weighted by atomic mass is 16.6. The first kappa shape index (κ1) is 35.2. The Morgan fingerprint density at radius 1 is 0.904 bits per heavy atom. The van der Waals surface area contributed by atoms with Crippen LogP contribution < -0.4 is 26.1 Å². The molecule has 0 saturated heterocycles. The van der Waals surface area contributed by atoms with Gasteiger partial charge in [-0.25, -0.2) is 19.3 Å². The van der Waals surface area contributed by atoms with Gasteiger partial charge in [0.25, 0.3) is 11.5 Å². The van der Waals surface area contributed by atoms with Gasteiger partial charge in [-0.1, -0.05) is 43.3 Å². The number of hydrogen-bond acceptors (Lipinski definition) is 10. The van der Waals surface area contributed by atoms with E-state index in [-0.39, 0.29) is 35.8 Å². The molecule has 0 aliphatic rings. The molecule has 3 heterocycles. The summed E-state index contributed by atoms with van der Waals surface area (Å²) < 4.78 is 19.5. The number of pyridine rings is 2. The van der Waals surface area contributed by atoms with Crippen molar-refractivity contribution >= 4 is 34.6 Å². The highest BCUT2D eigenvalue weighted by Crippen LogP contribution is 2.31. The summed E-state index contributed by atoms with van der Waals surface area (Å²) >= 11 is 0. The molecule has 0 spiro atoms. The van der Waals surface area contributed by atoms with Gasteiger partial charge >= 0.3 is 11.9 Å². The maximum atomic E-state index is 13.9. The number of nitrogens with zero attached hydrogens (tertiary/aromatic N) is 4. The zero-order chi connectivity index (χ0) is 36.8. The van der Waals surface area contributed by atoms with E-state index in [1.165, 1.54) is 10.9 Å². The second-order valence-electron chi connectivity index (χ2n) is 12.1. The number of aromatic nitrogens is 4. The maximum absolute atomic E-state index is 13.9. The second kappa shape index (κ2) is 15.5. The van der Waals surface area contributed by atoms with Crippen molar-refractivity contribution in [3.8, 4) is 22.9 Å². The summed E-state index contributed by atoms with van der Waals surface area (Å²) in [5.41, 5.74) is 7.42. The van der Waals surface area contributed by atoms with Crippen molar-refractivity contribution in [2.75, 3.05) is 12.4 Å². The summed E-state index contributed by atoms with van der Waals surface area (Å²) in [6.07, 6.45) is 3.24. The molecule has 0 bridgehead atoms. The number of carbonyl (C=O) groups excluding carboxylic acids is 3. The van der Waals surface area contributed by atoms with E-state index in [2.05, 4.69) is 15.3 Å². The zero-order valence-corrected chi connectivity index (χ0v) is 28.7. The summed E-state index contributed by atoms with van der Waals surface area (Å²) in [6, 6.07) is 26.4. The molecule has 264 valence electrons. The number of amides is 1. The summed E-state index contributed by atoms with van der Waals surface area (Å²) in [5, 5.41) is 3.51. The van der Waals surface area contributed by atoms with Crippen LogP contribution in [0.5, 0.6) is 17.2 Å². The van der Waals surface area contributed by atoms with Crippen LogP contribution in [0.1, 0.15) is 39.8 Å². The maximum Gasteiger partial charge on any atom is 0.345 e. The Bertz CT molecular complexity index is 2290. The van der Waals surface area contributed by atoms with E-state index in [0.717, 1.165) is 5.39 Å². The third kappa shape index (κ3) is 7.74. The molecule has 1 amide bonds. The smallest absolute Gasteiger partial charge is 0.345 e. The van der Waals surface area contributed by atoms with Gasteiger partial charge in [-0.2, -0.15) is 0 Å². The standard InChI is InChI=1S/C39H36N6O7/c1-24(20-31(40)39(49)52-38(48)26-10-6-4-7-11-26)23-44-25(2)35(37(47)45(44)27-12-8-5-9-13-27)36(46)43-34-17-15-29(22-42-34)51-33-18-19-41-32-21-28(50-3)14-16-30(32)33/h4-19,21-22,24,31H,20,23,40H2,1-3H3,(H,42,43,46). The SMILES string of the molecule is COc1ccc2c(Oc3ccc(NC(=O)c4c(C)n(CC(C)CC(N)C(=O)OC(=O)c5ccccc5)n(-c5ccccc5)c4=O)nc3)ccnc2c1. The van der Waals surface area contributed by atoms with Crippen LogP contribution in [0.2, 0.25) is 0 Å².